The van der Waals surface area contributed by atoms with E-state index >= 15 is 0 Å². The Hall–Kier alpha value is -2.54. The van der Waals surface area contributed by atoms with Crippen molar-refractivity contribution in [3.05, 3.63) is 46.6 Å². The van der Waals surface area contributed by atoms with Gasteiger partial charge in [-0.3, -0.25) is 0 Å². The van der Waals surface area contributed by atoms with E-state index < -0.39 is 5.97 Å². The molecular weight excluding hydrogens is 290 g/mol. The molecule has 0 unspecified atom stereocenters. The first kappa shape index (κ1) is 13.4. The monoisotopic (exact) mass is 301 g/mol. The summed E-state index contributed by atoms with van der Waals surface area (Å²) in [4.78, 5) is 16.0. The highest BCUT2D eigenvalue weighted by Crippen LogP contribution is 2.20. The summed E-state index contributed by atoms with van der Waals surface area (Å²) in [5.41, 5.74) is 1.52. The van der Waals surface area contributed by atoms with Crippen molar-refractivity contribution < 1.29 is 14.3 Å². The lowest BCUT2D eigenvalue weighted by Crippen LogP contribution is -2.05. The van der Waals surface area contributed by atoms with Crippen LogP contribution >= 0.6 is 11.5 Å². The summed E-state index contributed by atoms with van der Waals surface area (Å²) < 4.78 is 14.3. The lowest BCUT2D eigenvalue weighted by atomic mass is 10.2. The van der Waals surface area contributed by atoms with Crippen LogP contribution in [0.2, 0.25) is 0 Å². The smallest absolute Gasteiger partial charge is 0.363 e. The van der Waals surface area contributed by atoms with Crippen LogP contribution in [0.4, 0.5) is 0 Å². The van der Waals surface area contributed by atoms with Crippen molar-refractivity contribution >= 4 is 29.5 Å². The van der Waals surface area contributed by atoms with Gasteiger partial charge in [-0.2, -0.15) is 0 Å². The van der Waals surface area contributed by atoms with E-state index in [0.717, 1.165) is 5.75 Å². The van der Waals surface area contributed by atoms with Gasteiger partial charge in [0.1, 0.15) is 11.4 Å². The van der Waals surface area contributed by atoms with Crippen molar-refractivity contribution in [3.8, 4) is 5.75 Å². The number of aromatic nitrogens is 2. The van der Waals surface area contributed by atoms with Gasteiger partial charge in [0, 0.05) is 10.9 Å². The molecule has 7 heteroatoms. The predicted molar refractivity (Wildman–Crippen MR) is 78.1 cm³/mol. The molecular formula is C14H11N3O3S. The van der Waals surface area contributed by atoms with Crippen LogP contribution in [0.5, 0.6) is 5.75 Å². The minimum atomic E-state index is -0.494. The first-order valence-corrected chi connectivity index (χ1v) is 7.13. The molecule has 0 saturated carbocycles. The second-order valence-electron chi connectivity index (χ2n) is 4.12. The Balaban J connectivity index is 1.84. The Kier molecular flexibility index (Phi) is 3.74. The van der Waals surface area contributed by atoms with E-state index in [-0.39, 0.29) is 11.6 Å². The van der Waals surface area contributed by atoms with Gasteiger partial charge in [-0.1, -0.05) is 4.49 Å². The van der Waals surface area contributed by atoms with Crippen molar-refractivity contribution in [2.75, 3.05) is 6.61 Å². The molecule has 0 atom stereocenters. The summed E-state index contributed by atoms with van der Waals surface area (Å²) in [6, 6.07) is 7.21. The molecule has 0 saturated heterocycles. The molecule has 0 bridgehead atoms. The fourth-order valence-electron chi connectivity index (χ4n) is 1.77. The molecule has 1 aromatic heterocycles. The van der Waals surface area contributed by atoms with Crippen LogP contribution in [-0.4, -0.2) is 28.1 Å². The zero-order valence-corrected chi connectivity index (χ0v) is 12.0. The van der Waals surface area contributed by atoms with E-state index in [1.165, 1.54) is 11.5 Å². The first-order chi connectivity index (χ1) is 10.3. The number of nitrogens with zero attached hydrogens (tertiary/aromatic N) is 3. The summed E-state index contributed by atoms with van der Waals surface area (Å²) in [5.74, 6) is 0.542. The summed E-state index contributed by atoms with van der Waals surface area (Å²) in [6.07, 6.45) is 1.55. The Labute approximate surface area is 124 Å². The first-order valence-electron chi connectivity index (χ1n) is 6.29. The van der Waals surface area contributed by atoms with E-state index in [0.29, 0.717) is 17.9 Å². The van der Waals surface area contributed by atoms with Gasteiger partial charge in [-0.15, -0.1) is 5.10 Å². The van der Waals surface area contributed by atoms with Crippen molar-refractivity contribution in [2.24, 2.45) is 4.99 Å². The minimum Gasteiger partial charge on any atom is -0.494 e. The molecule has 1 aliphatic heterocycles. The second-order valence-corrected chi connectivity index (χ2v) is 4.73. The number of ether oxygens (including phenoxy) is 2. The van der Waals surface area contributed by atoms with Crippen LogP contribution in [0.25, 0.3) is 6.08 Å². The maximum atomic E-state index is 11.8. The van der Waals surface area contributed by atoms with E-state index in [1.54, 1.807) is 35.7 Å². The number of hydrogen-bond acceptors (Lipinski definition) is 7. The number of aliphatic imine (C=N–C) groups is 1. The normalized spacial score (nSPS) is 16.0. The number of cyclic esters (lactones) is 1. The van der Waals surface area contributed by atoms with Crippen molar-refractivity contribution in [1.29, 1.82) is 0 Å². The number of carbonyl (C=O) groups excluding carboxylic acids is 1. The number of carbonyl (C=O) groups is 1. The quantitative estimate of drug-likeness (QED) is 0.640. The maximum Gasteiger partial charge on any atom is 0.363 e. The summed E-state index contributed by atoms with van der Waals surface area (Å²) in [7, 11) is 0. The zero-order valence-electron chi connectivity index (χ0n) is 11.1. The van der Waals surface area contributed by atoms with Gasteiger partial charge in [0.15, 0.2) is 5.70 Å². The number of hydrogen-bond donors (Lipinski definition) is 0. The fraction of sp³-hybridized carbons (Fsp3) is 0.143. The Bertz CT molecular complexity index is 706. The average Bonchev–Trinajstić information content (AvgIpc) is 3.11. The Morgan fingerprint density at radius 2 is 2.14 bits per heavy atom. The topological polar surface area (TPSA) is 73.7 Å². The molecule has 21 heavy (non-hydrogen) atoms. The van der Waals surface area contributed by atoms with Gasteiger partial charge in [0.25, 0.3) is 0 Å². The molecule has 0 amide bonds. The second kappa shape index (κ2) is 5.84. The highest BCUT2D eigenvalue weighted by atomic mass is 32.1. The van der Waals surface area contributed by atoms with E-state index in [2.05, 4.69) is 14.6 Å². The van der Waals surface area contributed by atoms with Crippen molar-refractivity contribution in [2.45, 2.75) is 6.92 Å². The van der Waals surface area contributed by atoms with E-state index in [1.807, 2.05) is 6.92 Å². The number of esters is 1. The average molecular weight is 301 g/mol. The summed E-state index contributed by atoms with van der Waals surface area (Å²) in [6.45, 7) is 2.52. The van der Waals surface area contributed by atoms with Crippen LogP contribution < -0.4 is 4.74 Å². The van der Waals surface area contributed by atoms with Crippen molar-refractivity contribution in [3.63, 3.8) is 0 Å². The number of benzene rings is 1. The molecule has 0 spiro atoms. The van der Waals surface area contributed by atoms with Crippen LogP contribution in [0, 0.1) is 0 Å². The molecule has 0 aliphatic carbocycles. The Morgan fingerprint density at radius 1 is 1.33 bits per heavy atom. The van der Waals surface area contributed by atoms with Gasteiger partial charge >= 0.3 is 5.97 Å². The molecule has 6 nitrogen and oxygen atoms in total. The molecule has 2 heterocycles. The van der Waals surface area contributed by atoms with Gasteiger partial charge < -0.3 is 9.47 Å². The highest BCUT2D eigenvalue weighted by Gasteiger charge is 2.24. The lowest BCUT2D eigenvalue weighted by molar-refractivity contribution is -0.129. The van der Waals surface area contributed by atoms with Crippen molar-refractivity contribution in [1.82, 2.24) is 9.59 Å². The van der Waals surface area contributed by atoms with Crippen LogP contribution in [0.15, 0.2) is 40.3 Å². The molecule has 0 radical (unpaired) electrons. The van der Waals surface area contributed by atoms with Gasteiger partial charge in [0.05, 0.1) is 6.61 Å². The number of rotatable bonds is 4. The molecule has 2 aromatic rings. The lowest BCUT2D eigenvalue weighted by Gasteiger charge is -2.03. The summed E-state index contributed by atoms with van der Waals surface area (Å²) >= 11 is 1.21. The standard InChI is InChI=1S/C14H11N3O3S/c1-2-19-11-5-3-9(4-6-11)13-15-12(14(18)20-13)7-10-8-21-17-16-10/h3-8H,2H2,1H3. The third kappa shape index (κ3) is 2.97. The fourth-order valence-corrected chi connectivity index (χ4v) is 2.18. The molecule has 106 valence electrons. The highest BCUT2D eigenvalue weighted by molar-refractivity contribution is 7.03. The Morgan fingerprint density at radius 3 is 2.81 bits per heavy atom. The minimum absolute atomic E-state index is 0.214. The SMILES string of the molecule is CCOc1ccc(C2=NC(=Cc3csnn3)C(=O)O2)cc1. The molecule has 1 aliphatic rings. The molecule has 3 rings (SSSR count). The molecule has 1 aromatic carbocycles. The van der Waals surface area contributed by atoms with Crippen LogP contribution in [0.3, 0.4) is 0 Å². The third-order valence-electron chi connectivity index (χ3n) is 2.69. The van der Waals surface area contributed by atoms with Gasteiger partial charge in [0.2, 0.25) is 5.90 Å². The van der Waals surface area contributed by atoms with Crippen LogP contribution in [-0.2, 0) is 9.53 Å². The van der Waals surface area contributed by atoms with E-state index in [4.69, 9.17) is 9.47 Å². The predicted octanol–water partition coefficient (Wildman–Crippen LogP) is 2.28. The van der Waals surface area contributed by atoms with E-state index in [9.17, 15) is 4.79 Å². The molecule has 0 fully saturated rings. The zero-order chi connectivity index (χ0) is 14.7. The van der Waals surface area contributed by atoms with Crippen LogP contribution in [0.1, 0.15) is 18.2 Å². The largest absolute Gasteiger partial charge is 0.494 e. The maximum absolute atomic E-state index is 11.8. The third-order valence-corrected chi connectivity index (χ3v) is 3.22. The van der Waals surface area contributed by atoms with Gasteiger partial charge in [-0.25, -0.2) is 9.79 Å². The molecule has 0 N–H and O–H groups in total. The summed E-state index contributed by atoms with van der Waals surface area (Å²) in [5, 5.41) is 5.57. The van der Waals surface area contributed by atoms with Gasteiger partial charge in [-0.05, 0) is 48.8 Å².